The molecule has 1 N–H and O–H groups in total. The highest BCUT2D eigenvalue weighted by Crippen LogP contribution is 2.36. The smallest absolute Gasteiger partial charge is 0.416 e. The molecule has 4 nitrogen and oxygen atoms in total. The first kappa shape index (κ1) is 23.7. The number of hydrogen-bond donors (Lipinski definition) is 1. The third kappa shape index (κ3) is 6.11. The first-order chi connectivity index (χ1) is 16.4. The first-order valence-corrected chi connectivity index (χ1v) is 11.4. The van der Waals surface area contributed by atoms with Crippen LogP contribution in [0.3, 0.4) is 0 Å². The topological polar surface area (TPSA) is 47.0 Å². The molecular weight excluding hydrogens is 466 g/mol. The number of anilines is 2. The van der Waals surface area contributed by atoms with Crippen LogP contribution in [0.2, 0.25) is 0 Å². The van der Waals surface area contributed by atoms with E-state index in [0.29, 0.717) is 25.0 Å². The second-order valence-electron chi connectivity index (χ2n) is 7.50. The Morgan fingerprint density at radius 1 is 0.971 bits per heavy atom. The van der Waals surface area contributed by atoms with E-state index in [1.807, 2.05) is 30.3 Å². The Balaban J connectivity index is 1.42. The summed E-state index contributed by atoms with van der Waals surface area (Å²) in [6.45, 7) is 0.430. The van der Waals surface area contributed by atoms with Crippen LogP contribution >= 0.6 is 11.3 Å². The maximum atomic E-state index is 14.3. The first-order valence-electron chi connectivity index (χ1n) is 10.6. The van der Waals surface area contributed by atoms with E-state index < -0.39 is 16.9 Å². The Morgan fingerprint density at radius 2 is 1.79 bits per heavy atom. The van der Waals surface area contributed by atoms with E-state index in [4.69, 9.17) is 4.74 Å². The maximum Gasteiger partial charge on any atom is 0.416 e. The molecule has 0 saturated carbocycles. The van der Waals surface area contributed by atoms with E-state index in [1.54, 1.807) is 24.4 Å². The molecule has 4 aromatic rings. The summed E-state index contributed by atoms with van der Waals surface area (Å²) < 4.78 is 61.1. The number of aryl methyl sites for hydroxylation is 1. The second kappa shape index (κ2) is 10.6. The number of thiazole rings is 1. The molecule has 0 spiro atoms. The molecule has 0 saturated heterocycles. The molecule has 34 heavy (non-hydrogen) atoms. The lowest BCUT2D eigenvalue weighted by molar-refractivity contribution is -0.138. The predicted octanol–water partition coefficient (Wildman–Crippen LogP) is 7.51. The highest BCUT2D eigenvalue weighted by molar-refractivity contribution is 7.14. The molecule has 0 aliphatic rings. The Kier molecular flexibility index (Phi) is 7.42. The maximum absolute atomic E-state index is 14.3. The molecule has 4 rings (SSSR count). The van der Waals surface area contributed by atoms with Crippen LogP contribution in [0.5, 0.6) is 5.75 Å². The minimum absolute atomic E-state index is 0.103. The Bertz CT molecular complexity index is 1210. The van der Waals surface area contributed by atoms with Gasteiger partial charge in [0.05, 0.1) is 12.2 Å². The van der Waals surface area contributed by atoms with Gasteiger partial charge in [-0.25, -0.2) is 4.98 Å². The Morgan fingerprint density at radius 3 is 2.53 bits per heavy atom. The van der Waals surface area contributed by atoms with Gasteiger partial charge < -0.3 is 10.1 Å². The summed E-state index contributed by atoms with van der Waals surface area (Å²) in [5, 5.41) is 2.42. The van der Waals surface area contributed by atoms with Crippen LogP contribution in [-0.4, -0.2) is 16.6 Å². The molecular formula is C25H21F4N3OS. The van der Waals surface area contributed by atoms with Crippen LogP contribution in [0.1, 0.15) is 24.0 Å². The molecule has 0 fully saturated rings. The fourth-order valence-electron chi connectivity index (χ4n) is 3.42. The summed E-state index contributed by atoms with van der Waals surface area (Å²) in [4.78, 5) is 8.12. The lowest BCUT2D eigenvalue weighted by Gasteiger charge is -2.15. The van der Waals surface area contributed by atoms with Crippen molar-refractivity contribution in [3.63, 3.8) is 0 Å². The number of hydrogen-bond acceptors (Lipinski definition) is 5. The van der Waals surface area contributed by atoms with Crippen molar-refractivity contribution in [2.75, 3.05) is 11.9 Å². The SMILES string of the molecule is Fc1sc(Nc2ccc(CCCCOc3ccccc3)c(C(F)(F)F)c2)nc1-c1cccnc1. The minimum Gasteiger partial charge on any atom is -0.494 e. The number of nitrogens with zero attached hydrogens (tertiary/aromatic N) is 2. The third-order valence-corrected chi connectivity index (χ3v) is 5.80. The fraction of sp³-hybridized carbons (Fsp3) is 0.200. The number of pyridine rings is 1. The number of alkyl halides is 3. The summed E-state index contributed by atoms with van der Waals surface area (Å²) in [6, 6.07) is 16.6. The number of aromatic nitrogens is 2. The number of benzene rings is 2. The predicted molar refractivity (Wildman–Crippen MR) is 125 cm³/mol. The minimum atomic E-state index is -4.51. The van der Waals surface area contributed by atoms with Gasteiger partial charge in [-0.2, -0.15) is 17.6 Å². The van der Waals surface area contributed by atoms with Gasteiger partial charge in [0.2, 0.25) is 5.13 Å². The molecule has 2 aromatic carbocycles. The van der Waals surface area contributed by atoms with E-state index in [-0.39, 0.29) is 28.5 Å². The molecule has 2 aromatic heterocycles. The number of ether oxygens (including phenoxy) is 1. The standard InChI is InChI=1S/C25H21F4N3OS/c26-23-22(18-8-6-13-30-16-18)32-24(34-23)31-19-12-11-17(21(15-19)25(27,28)29)7-4-5-14-33-20-9-2-1-3-10-20/h1-3,6,8-13,15-16H,4-5,7,14H2,(H,31,32). The van der Waals surface area contributed by atoms with Gasteiger partial charge in [-0.1, -0.05) is 35.6 Å². The van der Waals surface area contributed by atoms with Crippen molar-refractivity contribution < 1.29 is 22.3 Å². The highest BCUT2D eigenvalue weighted by atomic mass is 32.1. The van der Waals surface area contributed by atoms with E-state index in [2.05, 4.69) is 15.3 Å². The van der Waals surface area contributed by atoms with Gasteiger partial charge in [-0.15, -0.1) is 0 Å². The number of rotatable bonds is 9. The van der Waals surface area contributed by atoms with Crippen LogP contribution in [0.4, 0.5) is 28.4 Å². The van der Waals surface area contributed by atoms with E-state index in [0.717, 1.165) is 23.2 Å². The van der Waals surface area contributed by atoms with Crippen molar-refractivity contribution in [2.45, 2.75) is 25.4 Å². The summed E-state index contributed by atoms with van der Waals surface area (Å²) in [7, 11) is 0. The molecule has 0 aliphatic heterocycles. The number of para-hydroxylation sites is 1. The van der Waals surface area contributed by atoms with Gasteiger partial charge in [-0.3, -0.25) is 4.98 Å². The lowest BCUT2D eigenvalue weighted by atomic mass is 10.0. The zero-order valence-corrected chi connectivity index (χ0v) is 18.8. The van der Waals surface area contributed by atoms with Crippen molar-refractivity contribution in [1.29, 1.82) is 0 Å². The molecule has 176 valence electrons. The average molecular weight is 488 g/mol. The van der Waals surface area contributed by atoms with Gasteiger partial charge in [0.1, 0.15) is 11.4 Å². The van der Waals surface area contributed by atoms with Crippen LogP contribution < -0.4 is 10.1 Å². The third-order valence-electron chi connectivity index (χ3n) is 5.04. The van der Waals surface area contributed by atoms with E-state index in [9.17, 15) is 17.6 Å². The average Bonchev–Trinajstić information content (AvgIpc) is 3.20. The molecule has 9 heteroatoms. The van der Waals surface area contributed by atoms with Gasteiger partial charge in [0, 0.05) is 23.6 Å². The van der Waals surface area contributed by atoms with E-state index in [1.165, 1.54) is 12.3 Å². The summed E-state index contributed by atoms with van der Waals surface area (Å²) in [5.74, 6) is 0.735. The molecule has 0 amide bonds. The van der Waals surface area contributed by atoms with Gasteiger partial charge in [-0.05, 0) is 61.2 Å². The van der Waals surface area contributed by atoms with Crippen molar-refractivity contribution in [1.82, 2.24) is 9.97 Å². The molecule has 0 radical (unpaired) electrons. The molecule has 0 atom stereocenters. The van der Waals surface area contributed by atoms with Crippen molar-refractivity contribution >= 4 is 22.2 Å². The van der Waals surface area contributed by atoms with Gasteiger partial charge in [0.25, 0.3) is 0 Å². The summed E-state index contributed by atoms with van der Waals surface area (Å²) in [6.07, 6.45) is -0.0315. The molecule has 0 bridgehead atoms. The van der Waals surface area contributed by atoms with Gasteiger partial charge in [0.15, 0.2) is 5.13 Å². The number of unbranched alkanes of at least 4 members (excludes halogenated alkanes) is 1. The largest absolute Gasteiger partial charge is 0.494 e. The highest BCUT2D eigenvalue weighted by Gasteiger charge is 2.33. The zero-order chi connectivity index (χ0) is 24.0. The van der Waals surface area contributed by atoms with E-state index >= 15 is 0 Å². The monoisotopic (exact) mass is 487 g/mol. The van der Waals surface area contributed by atoms with Crippen LogP contribution in [-0.2, 0) is 12.6 Å². The number of nitrogens with one attached hydrogen (secondary N) is 1. The molecule has 0 unspecified atom stereocenters. The van der Waals surface area contributed by atoms with Crippen molar-refractivity contribution in [2.24, 2.45) is 0 Å². The van der Waals surface area contributed by atoms with Crippen molar-refractivity contribution in [3.05, 3.63) is 89.3 Å². The Hall–Kier alpha value is -3.46. The summed E-state index contributed by atoms with van der Waals surface area (Å²) in [5.41, 5.74) is 0.276. The van der Waals surface area contributed by atoms with Crippen LogP contribution in [0.15, 0.2) is 73.1 Å². The lowest BCUT2D eigenvalue weighted by Crippen LogP contribution is -2.10. The van der Waals surface area contributed by atoms with Crippen LogP contribution in [0.25, 0.3) is 11.3 Å². The van der Waals surface area contributed by atoms with Crippen molar-refractivity contribution in [3.8, 4) is 17.0 Å². The summed E-state index contributed by atoms with van der Waals surface area (Å²) >= 11 is 0.727. The Labute approximate surface area is 198 Å². The fourth-order valence-corrected chi connectivity index (χ4v) is 4.16. The molecule has 0 aliphatic carbocycles. The second-order valence-corrected chi connectivity index (χ2v) is 8.45. The van der Waals surface area contributed by atoms with Crippen LogP contribution in [0, 0.1) is 5.13 Å². The zero-order valence-electron chi connectivity index (χ0n) is 18.0. The van der Waals surface area contributed by atoms with Gasteiger partial charge >= 0.3 is 6.18 Å². The molecule has 2 heterocycles. The quantitative estimate of drug-likeness (QED) is 0.196. The normalized spacial score (nSPS) is 11.4. The number of halogens is 4.